The number of benzene rings is 2. The Kier molecular flexibility index (Phi) is 15.3. The van der Waals surface area contributed by atoms with Crippen LogP contribution in [-0.2, 0) is 14.4 Å². The molecular formula is C45H51Cl2FN8O6S. The van der Waals surface area contributed by atoms with Crippen LogP contribution < -0.4 is 21.1 Å². The summed E-state index contributed by atoms with van der Waals surface area (Å²) in [5.74, 6) is 0.155. The van der Waals surface area contributed by atoms with E-state index in [1.165, 1.54) is 12.1 Å². The summed E-state index contributed by atoms with van der Waals surface area (Å²) in [5, 5.41) is 10.3. The topological polar surface area (TPSA) is 182 Å². The molecule has 7 rings (SSSR count). The van der Waals surface area contributed by atoms with Crippen molar-refractivity contribution in [2.45, 2.75) is 95.7 Å². The number of imide groups is 2. The summed E-state index contributed by atoms with van der Waals surface area (Å²) < 4.78 is 22.2. The summed E-state index contributed by atoms with van der Waals surface area (Å²) in [6.45, 7) is 3.72. The van der Waals surface area contributed by atoms with Crippen LogP contribution in [0.25, 0.3) is 11.1 Å². The van der Waals surface area contributed by atoms with Crippen molar-refractivity contribution in [3.05, 3.63) is 87.5 Å². The van der Waals surface area contributed by atoms with Crippen LogP contribution in [0.1, 0.15) is 116 Å². The van der Waals surface area contributed by atoms with Crippen molar-refractivity contribution in [3.8, 4) is 16.9 Å². The summed E-state index contributed by atoms with van der Waals surface area (Å²) in [6.07, 6.45) is 13.0. The standard InChI is InChI=1S/C45H51Cl2FN8O6S/c1-27(39-32(46)12-13-33(48)41(39)47)62-36-23-28(24-51-42(36)49)29-25-52-55(26-29)30-16-19-54(20-17-30)38(58)11-4-2-6-21-63-22-7-3-5-18-50-34-10-8-9-31-40(34)45(61)56(44(31)60)35-14-15-37(57)53-43(35)59/h8-10,12-13,23-27,30,35,50H,2-7,11,14-22H2,1H3,(H2,49,51)(H,53,57,59). The fourth-order valence-corrected chi connectivity index (χ4v) is 9.95. The number of thioether (sulfide) groups is 1. The van der Waals surface area contributed by atoms with Crippen LogP contribution in [0.15, 0.2) is 55.0 Å². The first-order chi connectivity index (χ1) is 30.4. The molecule has 0 radical (unpaired) electrons. The molecule has 0 saturated carbocycles. The molecule has 2 atom stereocenters. The minimum absolute atomic E-state index is 0.0810. The molecule has 0 aliphatic carbocycles. The number of halogens is 3. The number of amides is 5. The number of nitrogens with two attached hydrogens (primary N) is 1. The van der Waals surface area contributed by atoms with E-state index in [2.05, 4.69) is 20.7 Å². The SMILES string of the molecule is CC(Oc1cc(-c2cnn(C3CCN(C(=O)CCCCCSCCCCCNc4cccc5c4C(=O)N(C4CCC(=O)NC4=O)C5=O)CC3)c2)cnc1N)c1c(Cl)ccc(F)c1Cl. The normalized spacial score (nSPS) is 17.2. The van der Waals surface area contributed by atoms with Gasteiger partial charge in [0.15, 0.2) is 11.6 Å². The summed E-state index contributed by atoms with van der Waals surface area (Å²) in [5.41, 5.74) is 9.16. The molecule has 334 valence electrons. The number of rotatable bonds is 19. The molecule has 2 fully saturated rings. The van der Waals surface area contributed by atoms with Crippen LogP contribution in [0, 0.1) is 5.82 Å². The van der Waals surface area contributed by atoms with E-state index in [4.69, 9.17) is 33.7 Å². The Bertz CT molecular complexity index is 2360. The molecule has 5 heterocycles. The van der Waals surface area contributed by atoms with Gasteiger partial charge in [-0.05, 0) is 93.7 Å². The lowest BCUT2D eigenvalue weighted by atomic mass is 10.0. The summed E-state index contributed by atoms with van der Waals surface area (Å²) >= 11 is 14.4. The number of hydrogen-bond acceptors (Lipinski definition) is 11. The number of carbonyl (C=O) groups excluding carboxylic acids is 5. The molecule has 18 heteroatoms. The van der Waals surface area contributed by atoms with E-state index in [0.29, 0.717) is 43.1 Å². The van der Waals surface area contributed by atoms with Crippen molar-refractivity contribution in [3.63, 3.8) is 0 Å². The minimum atomic E-state index is -0.987. The van der Waals surface area contributed by atoms with E-state index >= 15 is 0 Å². The van der Waals surface area contributed by atoms with Gasteiger partial charge in [-0.1, -0.05) is 42.1 Å². The second-order valence-electron chi connectivity index (χ2n) is 16.0. The van der Waals surface area contributed by atoms with E-state index in [-0.39, 0.29) is 51.8 Å². The number of unbranched alkanes of at least 4 members (excludes halogenated alkanes) is 4. The van der Waals surface area contributed by atoms with Crippen molar-refractivity contribution in [2.75, 3.05) is 42.2 Å². The van der Waals surface area contributed by atoms with Crippen LogP contribution in [-0.4, -0.2) is 91.3 Å². The average molecular weight is 922 g/mol. The number of fused-ring (bicyclic) bond motifs is 1. The molecule has 2 aromatic carbocycles. The average Bonchev–Trinajstić information content (AvgIpc) is 3.86. The zero-order valence-electron chi connectivity index (χ0n) is 35.0. The zero-order chi connectivity index (χ0) is 44.6. The summed E-state index contributed by atoms with van der Waals surface area (Å²) in [4.78, 5) is 70.6. The van der Waals surface area contributed by atoms with Gasteiger partial charge in [-0.15, -0.1) is 0 Å². The number of nitrogens with one attached hydrogen (secondary N) is 2. The van der Waals surface area contributed by atoms with Crippen LogP contribution >= 0.6 is 35.0 Å². The molecule has 0 spiro atoms. The van der Waals surface area contributed by atoms with Crippen LogP contribution in [0.5, 0.6) is 5.75 Å². The lowest BCUT2D eigenvalue weighted by molar-refractivity contribution is -0.136. The molecule has 2 aromatic heterocycles. The van der Waals surface area contributed by atoms with Gasteiger partial charge in [0.2, 0.25) is 17.7 Å². The van der Waals surface area contributed by atoms with E-state index in [9.17, 15) is 28.4 Å². The highest BCUT2D eigenvalue weighted by atomic mass is 35.5. The number of likely N-dealkylation sites (tertiary alicyclic amines) is 1. The largest absolute Gasteiger partial charge is 0.482 e. The molecule has 4 N–H and O–H groups in total. The van der Waals surface area contributed by atoms with Gasteiger partial charge in [-0.3, -0.25) is 38.9 Å². The van der Waals surface area contributed by atoms with Gasteiger partial charge >= 0.3 is 0 Å². The second-order valence-corrected chi connectivity index (χ2v) is 18.0. The number of nitrogen functional groups attached to an aromatic ring is 1. The van der Waals surface area contributed by atoms with E-state index in [1.54, 1.807) is 43.6 Å². The molecule has 4 aromatic rings. The highest BCUT2D eigenvalue weighted by molar-refractivity contribution is 7.99. The number of anilines is 2. The Balaban J connectivity index is 0.746. The maximum absolute atomic E-state index is 14.1. The van der Waals surface area contributed by atoms with Crippen LogP contribution in [0.4, 0.5) is 15.9 Å². The smallest absolute Gasteiger partial charge is 0.264 e. The number of nitrogens with zero attached hydrogens (tertiary/aromatic N) is 5. The van der Waals surface area contributed by atoms with Gasteiger partial charge in [-0.2, -0.15) is 16.9 Å². The van der Waals surface area contributed by atoms with Crippen molar-refractivity contribution < 1.29 is 33.1 Å². The van der Waals surface area contributed by atoms with Crippen molar-refractivity contribution in [2.24, 2.45) is 0 Å². The van der Waals surface area contributed by atoms with Gasteiger partial charge in [0, 0.05) is 72.3 Å². The summed E-state index contributed by atoms with van der Waals surface area (Å²) in [7, 11) is 0. The van der Waals surface area contributed by atoms with Crippen molar-refractivity contribution in [1.82, 2.24) is 29.9 Å². The molecule has 2 saturated heterocycles. The van der Waals surface area contributed by atoms with E-state index in [0.717, 1.165) is 78.9 Å². The second kappa shape index (κ2) is 21.0. The molecule has 3 aliphatic heterocycles. The quantitative estimate of drug-likeness (QED) is 0.0468. The van der Waals surface area contributed by atoms with Gasteiger partial charge in [0.1, 0.15) is 18.0 Å². The predicted molar refractivity (Wildman–Crippen MR) is 241 cm³/mol. The van der Waals surface area contributed by atoms with Gasteiger partial charge in [0.05, 0.1) is 28.4 Å². The van der Waals surface area contributed by atoms with Crippen molar-refractivity contribution >= 4 is 76.0 Å². The lowest BCUT2D eigenvalue weighted by Gasteiger charge is -2.32. The van der Waals surface area contributed by atoms with Crippen molar-refractivity contribution in [1.29, 1.82) is 0 Å². The fourth-order valence-electron chi connectivity index (χ4n) is 8.25. The first-order valence-corrected chi connectivity index (χ1v) is 23.4. The highest BCUT2D eigenvalue weighted by Crippen LogP contribution is 2.38. The monoisotopic (exact) mass is 920 g/mol. The number of carbonyl (C=O) groups is 5. The van der Waals surface area contributed by atoms with Gasteiger partial charge in [-0.25, -0.2) is 9.37 Å². The molecule has 5 amide bonds. The van der Waals surface area contributed by atoms with Gasteiger partial charge in [0.25, 0.3) is 11.8 Å². The third-order valence-corrected chi connectivity index (χ3v) is 13.6. The predicted octanol–water partition coefficient (Wildman–Crippen LogP) is 8.25. The number of piperidine rings is 2. The Morgan fingerprint density at radius 1 is 0.984 bits per heavy atom. The third-order valence-electron chi connectivity index (χ3n) is 11.7. The minimum Gasteiger partial charge on any atom is -0.482 e. The lowest BCUT2D eigenvalue weighted by Crippen LogP contribution is -2.54. The molecule has 2 unspecified atom stereocenters. The first kappa shape index (κ1) is 45.8. The maximum Gasteiger partial charge on any atom is 0.264 e. The Labute approximate surface area is 379 Å². The zero-order valence-corrected chi connectivity index (χ0v) is 37.4. The number of pyridine rings is 1. The van der Waals surface area contributed by atoms with Gasteiger partial charge < -0.3 is 20.7 Å². The Morgan fingerprint density at radius 3 is 2.51 bits per heavy atom. The maximum atomic E-state index is 14.1. The third kappa shape index (κ3) is 10.8. The molecule has 14 nitrogen and oxygen atoms in total. The Morgan fingerprint density at radius 2 is 1.75 bits per heavy atom. The first-order valence-electron chi connectivity index (χ1n) is 21.4. The van der Waals surface area contributed by atoms with E-state index < -0.39 is 41.6 Å². The highest BCUT2D eigenvalue weighted by Gasteiger charge is 2.45. The number of hydrogen-bond donors (Lipinski definition) is 3. The Hall–Kier alpha value is -5.19. The van der Waals surface area contributed by atoms with E-state index in [1.807, 2.05) is 27.5 Å². The fraction of sp³-hybridized carbons (Fsp3) is 0.444. The van der Waals surface area contributed by atoms with Crippen LogP contribution in [0.2, 0.25) is 10.0 Å². The molecule has 3 aliphatic rings. The molecular weight excluding hydrogens is 871 g/mol. The molecule has 0 bridgehead atoms. The number of ether oxygens (including phenoxy) is 1. The summed E-state index contributed by atoms with van der Waals surface area (Å²) in [6, 6.07) is 8.66. The molecule has 63 heavy (non-hydrogen) atoms. The number of aromatic nitrogens is 3. The van der Waals surface area contributed by atoms with Crippen LogP contribution in [0.3, 0.4) is 0 Å².